The van der Waals surface area contributed by atoms with Crippen LogP contribution >= 0.6 is 0 Å². The topological polar surface area (TPSA) is 108 Å². The van der Waals surface area contributed by atoms with E-state index in [4.69, 9.17) is 0 Å². The van der Waals surface area contributed by atoms with E-state index in [2.05, 4.69) is 15.6 Å². The lowest BCUT2D eigenvalue weighted by atomic mass is 10.2. The molecule has 0 radical (unpaired) electrons. The summed E-state index contributed by atoms with van der Waals surface area (Å²) in [6, 6.07) is 14.9. The van der Waals surface area contributed by atoms with Gasteiger partial charge in [-0.1, -0.05) is 12.1 Å². The minimum Gasteiger partial charge on any atom is -0.345 e. The van der Waals surface area contributed by atoms with Gasteiger partial charge in [-0.3, -0.25) is 9.78 Å². The van der Waals surface area contributed by atoms with Gasteiger partial charge in [0.05, 0.1) is 9.79 Å². The maximum absolute atomic E-state index is 12.9. The molecule has 1 aromatic heterocycles. The van der Waals surface area contributed by atoms with Crippen LogP contribution in [0.15, 0.2) is 82.8 Å². The van der Waals surface area contributed by atoms with Crippen LogP contribution in [0, 0.1) is 0 Å². The predicted molar refractivity (Wildman–Crippen MR) is 116 cm³/mol. The largest absolute Gasteiger partial charge is 0.345 e. The molecule has 0 fully saturated rings. The molecule has 8 nitrogen and oxygen atoms in total. The van der Waals surface area contributed by atoms with E-state index < -0.39 is 15.9 Å². The molecule has 0 saturated heterocycles. The summed E-state index contributed by atoms with van der Waals surface area (Å²) in [6.07, 6.45) is 3.30. The number of pyridine rings is 1. The second kappa shape index (κ2) is 9.40. The smallest absolute Gasteiger partial charge is 0.319 e. The molecular formula is C22H22N4O4S. The van der Waals surface area contributed by atoms with E-state index in [1.54, 1.807) is 38.6 Å². The molecule has 1 heterocycles. The molecule has 0 aliphatic rings. The van der Waals surface area contributed by atoms with E-state index in [9.17, 15) is 18.0 Å². The summed E-state index contributed by atoms with van der Waals surface area (Å²) in [6.45, 7) is 0.314. The molecule has 0 aliphatic carbocycles. The van der Waals surface area contributed by atoms with Crippen LogP contribution < -0.4 is 10.6 Å². The maximum atomic E-state index is 12.9. The first-order valence-corrected chi connectivity index (χ1v) is 10.9. The number of aromatic nitrogens is 1. The summed E-state index contributed by atoms with van der Waals surface area (Å²) in [4.78, 5) is 29.6. The number of carbonyl (C=O) groups is 2. The molecule has 9 heteroatoms. The van der Waals surface area contributed by atoms with E-state index in [1.165, 1.54) is 47.4 Å². The van der Waals surface area contributed by atoms with Crippen molar-refractivity contribution in [2.45, 2.75) is 16.3 Å². The van der Waals surface area contributed by atoms with Crippen molar-refractivity contribution in [3.8, 4) is 0 Å². The van der Waals surface area contributed by atoms with E-state index in [0.717, 1.165) is 5.56 Å². The number of sulfone groups is 1. The quantitative estimate of drug-likeness (QED) is 0.615. The Kier molecular flexibility index (Phi) is 6.66. The highest BCUT2D eigenvalue weighted by Crippen LogP contribution is 2.23. The third-order valence-electron chi connectivity index (χ3n) is 4.40. The zero-order chi connectivity index (χ0) is 22.4. The average Bonchev–Trinajstić information content (AvgIpc) is 2.78. The third-order valence-corrected chi connectivity index (χ3v) is 6.16. The number of amides is 3. The standard InChI is InChI=1S/C22H22N4O4S/c1-26(2)21(27)17-6-3-7-20(13-17)31(29,30)19-10-8-18(9-11-19)25-22(28)24-15-16-5-4-12-23-14-16/h3-14H,15H2,1-2H3,(H2,24,25,28). The minimum absolute atomic E-state index is 0.0233. The first-order valence-electron chi connectivity index (χ1n) is 9.38. The highest BCUT2D eigenvalue weighted by atomic mass is 32.2. The maximum Gasteiger partial charge on any atom is 0.319 e. The van der Waals surface area contributed by atoms with E-state index in [1.807, 2.05) is 6.07 Å². The van der Waals surface area contributed by atoms with Crippen molar-refractivity contribution in [3.63, 3.8) is 0 Å². The first kappa shape index (κ1) is 22.0. The molecule has 3 aromatic rings. The lowest BCUT2D eigenvalue weighted by molar-refractivity contribution is 0.0827. The fourth-order valence-corrected chi connectivity index (χ4v) is 4.07. The molecule has 160 valence electrons. The number of hydrogen-bond acceptors (Lipinski definition) is 5. The van der Waals surface area contributed by atoms with Gasteiger partial charge in [0, 0.05) is 44.3 Å². The van der Waals surface area contributed by atoms with Crippen molar-refractivity contribution in [2.75, 3.05) is 19.4 Å². The summed E-state index contributed by atoms with van der Waals surface area (Å²) >= 11 is 0. The van der Waals surface area contributed by atoms with Crippen LogP contribution in [0.4, 0.5) is 10.5 Å². The second-order valence-electron chi connectivity index (χ2n) is 6.92. The van der Waals surface area contributed by atoms with Crippen LogP contribution in [0.1, 0.15) is 15.9 Å². The Morgan fingerprint density at radius 2 is 1.71 bits per heavy atom. The van der Waals surface area contributed by atoms with E-state index in [0.29, 0.717) is 12.2 Å². The molecule has 2 aromatic carbocycles. The number of nitrogens with one attached hydrogen (secondary N) is 2. The molecule has 3 amide bonds. The molecular weight excluding hydrogens is 416 g/mol. The Hall–Kier alpha value is -3.72. The average molecular weight is 439 g/mol. The van der Waals surface area contributed by atoms with Gasteiger partial charge in [0.2, 0.25) is 9.84 Å². The SMILES string of the molecule is CN(C)C(=O)c1cccc(S(=O)(=O)c2ccc(NC(=O)NCc3cccnc3)cc2)c1. The summed E-state index contributed by atoms with van der Waals surface area (Å²) < 4.78 is 25.9. The van der Waals surface area contributed by atoms with Crippen LogP contribution in [-0.2, 0) is 16.4 Å². The summed E-state index contributed by atoms with van der Waals surface area (Å²) in [5.74, 6) is -0.283. The summed E-state index contributed by atoms with van der Waals surface area (Å²) in [5.41, 5.74) is 1.59. The number of rotatable bonds is 6. The van der Waals surface area contributed by atoms with Gasteiger partial charge in [-0.15, -0.1) is 0 Å². The highest BCUT2D eigenvalue weighted by molar-refractivity contribution is 7.91. The number of carbonyl (C=O) groups excluding carboxylic acids is 2. The Bertz CT molecular complexity index is 1180. The van der Waals surface area contributed by atoms with Gasteiger partial charge < -0.3 is 15.5 Å². The number of urea groups is 1. The van der Waals surface area contributed by atoms with E-state index >= 15 is 0 Å². The molecule has 0 saturated carbocycles. The number of benzene rings is 2. The van der Waals surface area contributed by atoms with Crippen molar-refractivity contribution < 1.29 is 18.0 Å². The molecule has 0 bridgehead atoms. The van der Waals surface area contributed by atoms with Crippen LogP contribution in [0.5, 0.6) is 0 Å². The number of nitrogens with zero attached hydrogens (tertiary/aromatic N) is 2. The van der Waals surface area contributed by atoms with Gasteiger partial charge >= 0.3 is 6.03 Å². The normalized spacial score (nSPS) is 10.9. The second-order valence-corrected chi connectivity index (χ2v) is 8.87. The summed E-state index contributed by atoms with van der Waals surface area (Å²) in [7, 11) is -0.620. The summed E-state index contributed by atoms with van der Waals surface area (Å²) in [5, 5.41) is 5.35. The Balaban J connectivity index is 1.69. The molecule has 0 unspecified atom stereocenters. The van der Waals surface area contributed by atoms with Crippen LogP contribution in [0.3, 0.4) is 0 Å². The van der Waals surface area contributed by atoms with Crippen LogP contribution in [0.2, 0.25) is 0 Å². The van der Waals surface area contributed by atoms with Crippen molar-refractivity contribution >= 4 is 27.5 Å². The highest BCUT2D eigenvalue weighted by Gasteiger charge is 2.20. The van der Waals surface area contributed by atoms with Gasteiger partial charge in [0.1, 0.15) is 0 Å². The minimum atomic E-state index is -3.82. The van der Waals surface area contributed by atoms with Gasteiger partial charge in [0.15, 0.2) is 0 Å². The fourth-order valence-electron chi connectivity index (χ4n) is 2.77. The number of hydrogen-bond donors (Lipinski definition) is 2. The molecule has 0 spiro atoms. The van der Waals surface area contributed by atoms with E-state index in [-0.39, 0.29) is 21.3 Å². The molecule has 0 atom stereocenters. The lowest BCUT2D eigenvalue weighted by Gasteiger charge is -2.12. The first-order chi connectivity index (χ1) is 14.8. The van der Waals surface area contributed by atoms with Crippen molar-refractivity contribution in [3.05, 3.63) is 84.2 Å². The lowest BCUT2D eigenvalue weighted by Crippen LogP contribution is -2.28. The van der Waals surface area contributed by atoms with Gasteiger partial charge in [-0.2, -0.15) is 0 Å². The predicted octanol–water partition coefficient (Wildman–Crippen LogP) is 2.94. The Morgan fingerprint density at radius 3 is 2.35 bits per heavy atom. The monoisotopic (exact) mass is 438 g/mol. The van der Waals surface area contributed by atoms with Crippen molar-refractivity contribution in [2.24, 2.45) is 0 Å². The molecule has 2 N–H and O–H groups in total. The Labute approximate surface area is 180 Å². The molecule has 0 aliphatic heterocycles. The van der Waals surface area contributed by atoms with Crippen LogP contribution in [0.25, 0.3) is 0 Å². The zero-order valence-electron chi connectivity index (χ0n) is 17.1. The van der Waals surface area contributed by atoms with Gasteiger partial charge in [0.25, 0.3) is 5.91 Å². The Morgan fingerprint density at radius 1 is 0.968 bits per heavy atom. The van der Waals surface area contributed by atoms with Crippen molar-refractivity contribution in [1.29, 1.82) is 0 Å². The molecule has 31 heavy (non-hydrogen) atoms. The number of anilines is 1. The van der Waals surface area contributed by atoms with Crippen molar-refractivity contribution in [1.82, 2.24) is 15.2 Å². The fraction of sp³-hybridized carbons (Fsp3) is 0.136. The zero-order valence-corrected chi connectivity index (χ0v) is 17.9. The van der Waals surface area contributed by atoms with Gasteiger partial charge in [-0.25, -0.2) is 13.2 Å². The van der Waals surface area contributed by atoms with Crippen LogP contribution in [-0.4, -0.2) is 44.3 Å². The third kappa shape index (κ3) is 5.46. The van der Waals surface area contributed by atoms with Gasteiger partial charge in [-0.05, 0) is 54.1 Å². The molecule has 3 rings (SSSR count).